The van der Waals surface area contributed by atoms with Crippen LogP contribution in [0.3, 0.4) is 0 Å². The van der Waals surface area contributed by atoms with Crippen LogP contribution in [0, 0.1) is 0 Å². The number of hydrazine groups is 1. The van der Waals surface area contributed by atoms with E-state index in [4.69, 9.17) is 23.8 Å². The fourth-order valence-corrected chi connectivity index (χ4v) is 5.49. The van der Waals surface area contributed by atoms with Crippen molar-refractivity contribution in [2.24, 2.45) is 0 Å². The van der Waals surface area contributed by atoms with Gasteiger partial charge in [-0.25, -0.2) is 0 Å². The van der Waals surface area contributed by atoms with Gasteiger partial charge in [0.25, 0.3) is 17.7 Å². The molecule has 2 aromatic rings. The molecule has 2 aliphatic rings. The number of nitrogens with one attached hydrogen (secondary N) is 1. The molecular weight excluding hydrogens is 490 g/mol. The number of nitrogens with zero attached hydrogens (tertiary/aromatic N) is 2. The van der Waals surface area contributed by atoms with Crippen molar-refractivity contribution in [2.75, 3.05) is 11.4 Å². The number of benzene rings is 2. The van der Waals surface area contributed by atoms with Crippen LogP contribution in [0.2, 0.25) is 5.02 Å². The standard InChI is InChI=1S/C25H24ClN3O3S2/c1-2-3-4-5-10-15-28-19-14-9-7-12-17(19)20(23(28)31)21-24(32)29(25(33)34-21)27-22(30)16-11-6-8-13-18(16)26/h6-9,11-14H,2-5,10,15H2,1H3,(H,27,30)/b21-20-. The molecular formula is C25H24ClN3O3S2. The number of amides is 3. The summed E-state index contributed by atoms with van der Waals surface area (Å²) in [5, 5.41) is 1.27. The van der Waals surface area contributed by atoms with E-state index >= 15 is 0 Å². The summed E-state index contributed by atoms with van der Waals surface area (Å²) >= 11 is 12.5. The zero-order valence-corrected chi connectivity index (χ0v) is 21.1. The average Bonchev–Trinajstić information content (AvgIpc) is 3.26. The second-order valence-corrected chi connectivity index (χ2v) is 10.1. The summed E-state index contributed by atoms with van der Waals surface area (Å²) in [7, 11) is 0. The quantitative estimate of drug-likeness (QED) is 0.284. The SMILES string of the molecule is CCCCCCCN1C(=O)/C(=C2\SC(=S)N(NC(=O)c3ccccc3Cl)C2=O)c2ccccc21. The molecule has 6 nitrogen and oxygen atoms in total. The van der Waals surface area contributed by atoms with Crippen molar-refractivity contribution < 1.29 is 14.4 Å². The normalized spacial score (nSPS) is 17.5. The van der Waals surface area contributed by atoms with E-state index in [-0.39, 0.29) is 25.7 Å². The maximum absolute atomic E-state index is 13.5. The molecule has 1 fully saturated rings. The molecule has 1 saturated heterocycles. The largest absolute Gasteiger partial charge is 0.308 e. The minimum atomic E-state index is -0.556. The van der Waals surface area contributed by atoms with Gasteiger partial charge in [-0.15, -0.1) is 0 Å². The molecule has 0 aliphatic carbocycles. The number of fused-ring (bicyclic) bond motifs is 1. The summed E-state index contributed by atoms with van der Waals surface area (Å²) in [4.78, 5) is 41.4. The number of thiocarbonyl (C=S) groups is 1. The molecule has 0 bridgehead atoms. The van der Waals surface area contributed by atoms with Crippen molar-refractivity contribution in [3.63, 3.8) is 0 Å². The van der Waals surface area contributed by atoms with E-state index in [1.165, 1.54) is 6.42 Å². The molecule has 0 aromatic heterocycles. The monoisotopic (exact) mass is 513 g/mol. The minimum Gasteiger partial charge on any atom is -0.308 e. The number of para-hydroxylation sites is 1. The van der Waals surface area contributed by atoms with Crippen LogP contribution >= 0.6 is 35.6 Å². The molecule has 0 saturated carbocycles. The number of hydrogen-bond donors (Lipinski definition) is 1. The fraction of sp³-hybridized carbons (Fsp3) is 0.280. The van der Waals surface area contributed by atoms with Crippen molar-refractivity contribution >= 4 is 68.9 Å². The van der Waals surface area contributed by atoms with Gasteiger partial charge < -0.3 is 4.90 Å². The van der Waals surface area contributed by atoms with Crippen LogP contribution in [0.1, 0.15) is 54.9 Å². The van der Waals surface area contributed by atoms with Gasteiger partial charge in [-0.3, -0.25) is 19.8 Å². The van der Waals surface area contributed by atoms with Crippen LogP contribution in [-0.4, -0.2) is 33.6 Å². The summed E-state index contributed by atoms with van der Waals surface area (Å²) < 4.78 is 0.149. The van der Waals surface area contributed by atoms with Crippen LogP contribution in [0.15, 0.2) is 53.4 Å². The van der Waals surface area contributed by atoms with Crippen LogP contribution in [-0.2, 0) is 9.59 Å². The highest BCUT2D eigenvalue weighted by molar-refractivity contribution is 8.26. The number of anilines is 1. The molecule has 0 spiro atoms. The third-order valence-electron chi connectivity index (χ3n) is 5.74. The predicted molar refractivity (Wildman–Crippen MR) is 140 cm³/mol. The lowest BCUT2D eigenvalue weighted by Crippen LogP contribution is -2.45. The minimum absolute atomic E-state index is 0.149. The molecule has 4 rings (SSSR count). The summed E-state index contributed by atoms with van der Waals surface area (Å²) in [6.45, 7) is 2.76. The second kappa shape index (κ2) is 10.7. The van der Waals surface area contributed by atoms with Gasteiger partial charge in [0.2, 0.25) is 0 Å². The lowest BCUT2D eigenvalue weighted by atomic mass is 10.1. The highest BCUT2D eigenvalue weighted by Gasteiger charge is 2.42. The number of thioether (sulfide) groups is 1. The van der Waals surface area contributed by atoms with E-state index in [2.05, 4.69) is 12.3 Å². The first-order valence-corrected chi connectivity index (χ1v) is 12.8. The van der Waals surface area contributed by atoms with Crippen molar-refractivity contribution in [3.8, 4) is 0 Å². The highest BCUT2D eigenvalue weighted by Crippen LogP contribution is 2.44. The Hall–Kier alpha value is -2.68. The Bertz CT molecular complexity index is 1200. The van der Waals surface area contributed by atoms with E-state index in [0.29, 0.717) is 17.7 Å². The Kier molecular flexibility index (Phi) is 7.70. The van der Waals surface area contributed by atoms with Crippen molar-refractivity contribution in [2.45, 2.75) is 39.0 Å². The number of carbonyl (C=O) groups excluding carboxylic acids is 3. The van der Waals surface area contributed by atoms with Gasteiger partial charge in [-0.1, -0.05) is 86.3 Å². The summed E-state index contributed by atoms with van der Waals surface area (Å²) in [5.74, 6) is -1.30. The van der Waals surface area contributed by atoms with Crippen molar-refractivity contribution in [1.29, 1.82) is 0 Å². The second-order valence-electron chi connectivity index (χ2n) is 8.02. The van der Waals surface area contributed by atoms with Gasteiger partial charge in [0, 0.05) is 12.1 Å². The molecule has 1 N–H and O–H groups in total. The number of halogens is 1. The molecule has 176 valence electrons. The number of hydrogen-bond acceptors (Lipinski definition) is 5. The first-order chi connectivity index (χ1) is 16.4. The van der Waals surface area contributed by atoms with E-state index in [1.54, 1.807) is 29.2 Å². The number of unbranched alkanes of at least 4 members (excludes halogenated alkanes) is 4. The Balaban J connectivity index is 1.58. The average molecular weight is 514 g/mol. The fourth-order valence-electron chi connectivity index (χ4n) is 4.02. The topological polar surface area (TPSA) is 69.7 Å². The Labute approximate surface area is 213 Å². The van der Waals surface area contributed by atoms with E-state index in [9.17, 15) is 14.4 Å². The van der Waals surface area contributed by atoms with E-state index in [0.717, 1.165) is 48.1 Å². The maximum atomic E-state index is 13.5. The van der Waals surface area contributed by atoms with Gasteiger partial charge in [0.05, 0.1) is 26.8 Å². The van der Waals surface area contributed by atoms with Crippen LogP contribution in [0.25, 0.3) is 5.57 Å². The van der Waals surface area contributed by atoms with E-state index < -0.39 is 11.8 Å². The first-order valence-electron chi connectivity index (χ1n) is 11.2. The molecule has 9 heteroatoms. The molecule has 2 aliphatic heterocycles. The van der Waals surface area contributed by atoms with Crippen molar-refractivity contribution in [1.82, 2.24) is 10.4 Å². The number of rotatable bonds is 8. The zero-order valence-electron chi connectivity index (χ0n) is 18.7. The van der Waals surface area contributed by atoms with E-state index in [1.807, 2.05) is 24.3 Å². The molecule has 34 heavy (non-hydrogen) atoms. The Morgan fingerprint density at radius 2 is 1.71 bits per heavy atom. The lowest BCUT2D eigenvalue weighted by molar-refractivity contribution is -0.124. The maximum Gasteiger partial charge on any atom is 0.286 e. The molecule has 2 heterocycles. The van der Waals surface area contributed by atoms with Gasteiger partial charge in [0.15, 0.2) is 4.32 Å². The van der Waals surface area contributed by atoms with Crippen molar-refractivity contribution in [3.05, 3.63) is 69.6 Å². The smallest absolute Gasteiger partial charge is 0.286 e. The van der Waals surface area contributed by atoms with Gasteiger partial charge in [-0.05, 0) is 36.8 Å². The van der Waals surface area contributed by atoms with Crippen LogP contribution in [0.4, 0.5) is 5.69 Å². The van der Waals surface area contributed by atoms with Gasteiger partial charge in [-0.2, -0.15) is 5.01 Å². The Morgan fingerprint density at radius 3 is 2.47 bits per heavy atom. The zero-order chi connectivity index (χ0) is 24.2. The Morgan fingerprint density at radius 1 is 1.00 bits per heavy atom. The highest BCUT2D eigenvalue weighted by atomic mass is 35.5. The summed E-state index contributed by atoms with van der Waals surface area (Å²) in [6.07, 6.45) is 5.41. The lowest BCUT2D eigenvalue weighted by Gasteiger charge is -2.17. The summed E-state index contributed by atoms with van der Waals surface area (Å²) in [6, 6.07) is 14.0. The summed E-state index contributed by atoms with van der Waals surface area (Å²) in [5.41, 5.74) is 4.59. The first kappa shape index (κ1) is 24.4. The molecule has 3 amide bonds. The molecule has 2 aromatic carbocycles. The predicted octanol–water partition coefficient (Wildman–Crippen LogP) is 5.57. The third kappa shape index (κ3) is 4.76. The molecule has 0 radical (unpaired) electrons. The van der Waals surface area contributed by atoms with Crippen LogP contribution in [0.5, 0.6) is 0 Å². The number of carbonyl (C=O) groups is 3. The van der Waals surface area contributed by atoms with Gasteiger partial charge >= 0.3 is 0 Å². The van der Waals surface area contributed by atoms with Crippen LogP contribution < -0.4 is 10.3 Å². The molecule has 0 unspecified atom stereocenters. The third-order valence-corrected chi connectivity index (χ3v) is 7.44. The van der Waals surface area contributed by atoms with Gasteiger partial charge in [0.1, 0.15) is 0 Å². The molecule has 0 atom stereocenters.